The first-order valence-electron chi connectivity index (χ1n) is 6.77. The summed E-state index contributed by atoms with van der Waals surface area (Å²) in [6, 6.07) is 5.80. The zero-order valence-corrected chi connectivity index (χ0v) is 12.9. The van der Waals surface area contributed by atoms with Gasteiger partial charge in [0.1, 0.15) is 5.75 Å². The molecule has 2 rings (SSSR count). The molecule has 5 nitrogen and oxygen atoms in total. The summed E-state index contributed by atoms with van der Waals surface area (Å²) in [4.78, 5) is 17.2. The molecule has 0 saturated carbocycles. The Morgan fingerprint density at radius 2 is 2.10 bits per heavy atom. The van der Waals surface area contributed by atoms with Crippen LogP contribution in [0, 0.1) is 6.92 Å². The first-order valence-corrected chi connectivity index (χ1v) is 6.77. The van der Waals surface area contributed by atoms with Crippen LogP contribution in [0.25, 0.3) is 0 Å². The van der Waals surface area contributed by atoms with E-state index >= 15 is 0 Å². The molecule has 0 aliphatic carbocycles. The van der Waals surface area contributed by atoms with Gasteiger partial charge < -0.3 is 19.9 Å². The molecule has 21 heavy (non-hydrogen) atoms. The average molecular weight is 287 g/mol. The van der Waals surface area contributed by atoms with Gasteiger partial charge >= 0.3 is 0 Å². The summed E-state index contributed by atoms with van der Waals surface area (Å²) < 4.78 is 5.37. The monoisotopic (exact) mass is 287 g/mol. The van der Waals surface area contributed by atoms with Crippen molar-refractivity contribution in [2.45, 2.75) is 13.5 Å². The predicted molar refractivity (Wildman–Crippen MR) is 83.9 cm³/mol. The lowest BCUT2D eigenvalue weighted by molar-refractivity contribution is 0.102. The highest BCUT2D eigenvalue weighted by Gasteiger charge is 2.13. The van der Waals surface area contributed by atoms with Crippen molar-refractivity contribution in [2.24, 2.45) is 0 Å². The fourth-order valence-corrected chi connectivity index (χ4v) is 2.18. The van der Waals surface area contributed by atoms with Crippen LogP contribution in [-0.2, 0) is 6.54 Å². The molecule has 1 amide bonds. The van der Waals surface area contributed by atoms with Gasteiger partial charge in [-0.05, 0) is 44.3 Å². The molecule has 0 atom stereocenters. The van der Waals surface area contributed by atoms with Gasteiger partial charge in [-0.3, -0.25) is 4.79 Å². The van der Waals surface area contributed by atoms with Crippen LogP contribution < -0.4 is 10.1 Å². The number of hydrogen-bond acceptors (Lipinski definition) is 3. The summed E-state index contributed by atoms with van der Waals surface area (Å²) >= 11 is 0. The van der Waals surface area contributed by atoms with Crippen LogP contribution in [0.5, 0.6) is 5.75 Å². The summed E-state index contributed by atoms with van der Waals surface area (Å²) in [5.41, 5.74) is 3.35. The summed E-state index contributed by atoms with van der Waals surface area (Å²) in [7, 11) is 5.62. The Morgan fingerprint density at radius 3 is 2.67 bits per heavy atom. The minimum absolute atomic E-state index is 0.146. The number of H-pyrrole nitrogens is 1. The van der Waals surface area contributed by atoms with Crippen LogP contribution in [-0.4, -0.2) is 37.0 Å². The second-order valence-electron chi connectivity index (χ2n) is 5.28. The van der Waals surface area contributed by atoms with Gasteiger partial charge in [0.25, 0.3) is 5.91 Å². The number of aromatic amines is 1. The number of ether oxygens (including phenoxy) is 1. The number of amides is 1. The van der Waals surface area contributed by atoms with E-state index < -0.39 is 0 Å². The normalized spacial score (nSPS) is 10.7. The molecule has 0 spiro atoms. The second-order valence-corrected chi connectivity index (χ2v) is 5.28. The maximum Gasteiger partial charge on any atom is 0.257 e. The number of methoxy groups -OCH3 is 1. The number of carbonyl (C=O) groups excluding carboxylic acids is 1. The Labute approximate surface area is 124 Å². The fourth-order valence-electron chi connectivity index (χ4n) is 2.18. The zero-order chi connectivity index (χ0) is 15.4. The van der Waals surface area contributed by atoms with Crippen LogP contribution in [0.1, 0.15) is 21.5 Å². The topological polar surface area (TPSA) is 57.4 Å². The number of carbonyl (C=O) groups is 1. The quantitative estimate of drug-likeness (QED) is 0.889. The minimum atomic E-state index is -0.146. The van der Waals surface area contributed by atoms with E-state index in [1.165, 1.54) is 0 Å². The van der Waals surface area contributed by atoms with Gasteiger partial charge in [-0.25, -0.2) is 0 Å². The minimum Gasteiger partial charge on any atom is -0.495 e. The van der Waals surface area contributed by atoms with E-state index in [4.69, 9.17) is 4.74 Å². The van der Waals surface area contributed by atoms with E-state index in [1.54, 1.807) is 19.5 Å². The van der Waals surface area contributed by atoms with Gasteiger partial charge in [-0.2, -0.15) is 0 Å². The fraction of sp³-hybridized carbons (Fsp3) is 0.312. The SMILES string of the molecule is COc1cc(CN(C)C)ccc1NC(=O)c1c[nH]cc1C. The van der Waals surface area contributed by atoms with Gasteiger partial charge in [0.05, 0.1) is 18.4 Å². The van der Waals surface area contributed by atoms with E-state index in [-0.39, 0.29) is 5.91 Å². The van der Waals surface area contributed by atoms with Crippen molar-refractivity contribution in [2.75, 3.05) is 26.5 Å². The van der Waals surface area contributed by atoms with E-state index in [2.05, 4.69) is 15.2 Å². The molecule has 112 valence electrons. The number of hydrogen-bond donors (Lipinski definition) is 2. The van der Waals surface area contributed by atoms with E-state index in [0.29, 0.717) is 17.0 Å². The molecular formula is C16H21N3O2. The maximum absolute atomic E-state index is 12.2. The zero-order valence-electron chi connectivity index (χ0n) is 12.9. The number of nitrogens with zero attached hydrogens (tertiary/aromatic N) is 1. The molecular weight excluding hydrogens is 266 g/mol. The third kappa shape index (κ3) is 3.64. The van der Waals surface area contributed by atoms with Gasteiger partial charge in [0, 0.05) is 18.9 Å². The van der Waals surface area contributed by atoms with Crippen molar-refractivity contribution in [1.29, 1.82) is 0 Å². The summed E-state index contributed by atoms with van der Waals surface area (Å²) in [6.45, 7) is 2.71. The van der Waals surface area contributed by atoms with Crippen LogP contribution in [0.3, 0.4) is 0 Å². The van der Waals surface area contributed by atoms with E-state index in [0.717, 1.165) is 17.7 Å². The van der Waals surface area contributed by atoms with Crippen molar-refractivity contribution in [1.82, 2.24) is 9.88 Å². The molecule has 1 aromatic heterocycles. The Balaban J connectivity index is 2.20. The molecule has 0 saturated heterocycles. The van der Waals surface area contributed by atoms with Crippen LogP contribution in [0.4, 0.5) is 5.69 Å². The average Bonchev–Trinajstić information content (AvgIpc) is 2.86. The van der Waals surface area contributed by atoms with Gasteiger partial charge in [-0.15, -0.1) is 0 Å². The predicted octanol–water partition coefficient (Wildman–Crippen LogP) is 2.65. The summed E-state index contributed by atoms with van der Waals surface area (Å²) in [5.74, 6) is 0.517. The van der Waals surface area contributed by atoms with Gasteiger partial charge in [-0.1, -0.05) is 6.07 Å². The molecule has 0 aliphatic rings. The third-order valence-corrected chi connectivity index (χ3v) is 3.21. The molecule has 1 heterocycles. The van der Waals surface area contributed by atoms with Crippen molar-refractivity contribution in [3.63, 3.8) is 0 Å². The standard InChI is InChI=1S/C16H21N3O2/c1-11-8-17-9-13(11)16(20)18-14-6-5-12(10-19(2)3)7-15(14)21-4/h5-9,17H,10H2,1-4H3,(H,18,20). The van der Waals surface area contributed by atoms with Gasteiger partial charge in [0.2, 0.25) is 0 Å². The Morgan fingerprint density at radius 1 is 1.33 bits per heavy atom. The number of aryl methyl sites for hydroxylation is 1. The molecule has 1 aromatic carbocycles. The summed E-state index contributed by atoms with van der Waals surface area (Å²) in [5, 5.41) is 2.89. The summed E-state index contributed by atoms with van der Waals surface area (Å²) in [6.07, 6.45) is 3.49. The van der Waals surface area contributed by atoms with Crippen molar-refractivity contribution in [3.8, 4) is 5.75 Å². The maximum atomic E-state index is 12.2. The molecule has 0 unspecified atom stereocenters. The van der Waals surface area contributed by atoms with E-state index in [1.807, 2.05) is 39.2 Å². The Kier molecular flexibility index (Phi) is 4.65. The lowest BCUT2D eigenvalue weighted by Gasteiger charge is -2.14. The molecule has 0 aliphatic heterocycles. The van der Waals surface area contributed by atoms with E-state index in [9.17, 15) is 4.79 Å². The number of aromatic nitrogens is 1. The highest BCUT2D eigenvalue weighted by atomic mass is 16.5. The Hall–Kier alpha value is -2.27. The largest absolute Gasteiger partial charge is 0.495 e. The molecule has 0 fully saturated rings. The molecule has 5 heteroatoms. The lowest BCUT2D eigenvalue weighted by Crippen LogP contribution is -2.14. The third-order valence-electron chi connectivity index (χ3n) is 3.21. The number of benzene rings is 1. The molecule has 0 radical (unpaired) electrons. The smallest absolute Gasteiger partial charge is 0.257 e. The highest BCUT2D eigenvalue weighted by Crippen LogP contribution is 2.26. The first-order chi connectivity index (χ1) is 10.0. The van der Waals surface area contributed by atoms with Crippen LogP contribution >= 0.6 is 0 Å². The van der Waals surface area contributed by atoms with Crippen LogP contribution in [0.2, 0.25) is 0 Å². The molecule has 2 N–H and O–H groups in total. The van der Waals surface area contributed by atoms with Crippen LogP contribution in [0.15, 0.2) is 30.6 Å². The van der Waals surface area contributed by atoms with Gasteiger partial charge in [0.15, 0.2) is 0 Å². The highest BCUT2D eigenvalue weighted by molar-refractivity contribution is 6.05. The number of rotatable bonds is 5. The molecule has 0 bridgehead atoms. The van der Waals surface area contributed by atoms with Crippen molar-refractivity contribution in [3.05, 3.63) is 47.3 Å². The Bertz CT molecular complexity index is 632. The number of anilines is 1. The molecule has 2 aromatic rings. The number of nitrogens with one attached hydrogen (secondary N) is 2. The van der Waals surface area contributed by atoms with Crippen molar-refractivity contribution < 1.29 is 9.53 Å². The second kappa shape index (κ2) is 6.45. The first kappa shape index (κ1) is 15.1. The van der Waals surface area contributed by atoms with Crippen molar-refractivity contribution >= 4 is 11.6 Å². The lowest BCUT2D eigenvalue weighted by atomic mass is 10.1.